The van der Waals surface area contributed by atoms with Gasteiger partial charge in [0.2, 0.25) is 0 Å². The van der Waals surface area contributed by atoms with Gasteiger partial charge in [0.25, 0.3) is 0 Å². The highest BCUT2D eigenvalue weighted by Crippen LogP contribution is 2.15. The van der Waals surface area contributed by atoms with Crippen LogP contribution >= 0.6 is 0 Å². The van der Waals surface area contributed by atoms with Crippen molar-refractivity contribution >= 4 is 0 Å². The molecule has 0 aliphatic heterocycles. The van der Waals surface area contributed by atoms with E-state index in [1.807, 2.05) is 0 Å². The van der Waals surface area contributed by atoms with Crippen molar-refractivity contribution in [3.8, 4) is 0 Å². The van der Waals surface area contributed by atoms with Gasteiger partial charge in [0.15, 0.2) is 12.6 Å². The van der Waals surface area contributed by atoms with Crippen LogP contribution in [0.1, 0.15) is 122 Å². The van der Waals surface area contributed by atoms with Crippen molar-refractivity contribution in [2.45, 2.75) is 135 Å². The summed E-state index contributed by atoms with van der Waals surface area (Å²) in [6, 6.07) is 0. The van der Waals surface area contributed by atoms with Crippen LogP contribution in [0.4, 0.5) is 0 Å². The van der Waals surface area contributed by atoms with E-state index in [0.29, 0.717) is 0 Å². The van der Waals surface area contributed by atoms with Gasteiger partial charge in [-0.3, -0.25) is 0 Å². The van der Waals surface area contributed by atoms with Gasteiger partial charge in [-0.1, -0.05) is 96.3 Å². The fraction of sp³-hybridized carbons (Fsp3) is 1.00. The van der Waals surface area contributed by atoms with Crippen molar-refractivity contribution in [2.24, 2.45) is 0 Å². The predicted molar refractivity (Wildman–Crippen MR) is 123 cm³/mol. The average molecular weight is 417 g/mol. The Kier molecular flexibility index (Phi) is 24.0. The van der Waals surface area contributed by atoms with E-state index < -0.39 is 0 Å². The first-order valence-electron chi connectivity index (χ1n) is 12.4. The van der Waals surface area contributed by atoms with Crippen LogP contribution in [0.15, 0.2) is 0 Å². The summed E-state index contributed by atoms with van der Waals surface area (Å²) in [4.78, 5) is 0. The molecule has 0 saturated heterocycles. The van der Waals surface area contributed by atoms with Crippen LogP contribution in [-0.4, -0.2) is 41.0 Å². The SMILES string of the molecule is COC(CCCCCCCCCCCCCCCCCCCC(OC)OC)OC. The first kappa shape index (κ1) is 28.8. The zero-order chi connectivity index (χ0) is 21.4. The number of methoxy groups -OCH3 is 4. The summed E-state index contributed by atoms with van der Waals surface area (Å²) in [7, 11) is 6.88. The van der Waals surface area contributed by atoms with Gasteiger partial charge in [0.1, 0.15) is 0 Å². The molecule has 0 aromatic rings. The van der Waals surface area contributed by atoms with Crippen molar-refractivity contribution in [2.75, 3.05) is 28.4 Å². The van der Waals surface area contributed by atoms with E-state index in [2.05, 4.69) is 0 Å². The summed E-state index contributed by atoms with van der Waals surface area (Å²) in [6.45, 7) is 0. The van der Waals surface area contributed by atoms with E-state index in [-0.39, 0.29) is 12.6 Å². The molecule has 0 N–H and O–H groups in total. The maximum Gasteiger partial charge on any atom is 0.156 e. The fourth-order valence-electron chi connectivity index (χ4n) is 3.94. The van der Waals surface area contributed by atoms with Crippen LogP contribution < -0.4 is 0 Å². The van der Waals surface area contributed by atoms with Gasteiger partial charge in [-0.2, -0.15) is 0 Å². The van der Waals surface area contributed by atoms with E-state index >= 15 is 0 Å². The maximum absolute atomic E-state index is 5.22. The van der Waals surface area contributed by atoms with Gasteiger partial charge in [-0.15, -0.1) is 0 Å². The minimum absolute atomic E-state index is 0.00898. The van der Waals surface area contributed by atoms with E-state index in [0.717, 1.165) is 12.8 Å². The summed E-state index contributed by atoms with van der Waals surface area (Å²) in [5.74, 6) is 0. The molecule has 29 heavy (non-hydrogen) atoms. The fourth-order valence-corrected chi connectivity index (χ4v) is 3.94. The molecule has 0 rings (SSSR count). The Hall–Kier alpha value is -0.160. The molecule has 0 amide bonds. The summed E-state index contributed by atoms with van der Waals surface area (Å²) in [6.07, 6.45) is 25.4. The van der Waals surface area contributed by atoms with Crippen molar-refractivity contribution in [1.29, 1.82) is 0 Å². The topological polar surface area (TPSA) is 36.9 Å². The highest BCUT2D eigenvalue weighted by Gasteiger charge is 2.04. The Balaban J connectivity index is 3.10. The molecule has 0 radical (unpaired) electrons. The zero-order valence-corrected chi connectivity index (χ0v) is 20.2. The number of hydrogen-bond donors (Lipinski definition) is 0. The molecular weight excluding hydrogens is 364 g/mol. The Bertz CT molecular complexity index is 263. The number of ether oxygens (including phenoxy) is 4. The lowest BCUT2D eigenvalue weighted by molar-refractivity contribution is -0.107. The maximum atomic E-state index is 5.22. The molecule has 0 aliphatic carbocycles. The highest BCUT2D eigenvalue weighted by molar-refractivity contribution is 4.52. The first-order valence-corrected chi connectivity index (χ1v) is 12.4. The normalized spacial score (nSPS) is 11.8. The standard InChI is InChI=1S/C25H52O4/c1-26-24(27-2)22-20-18-16-14-12-10-8-6-5-7-9-11-13-15-17-19-21-23-25(28-3)29-4/h24-25H,5-23H2,1-4H3. The largest absolute Gasteiger partial charge is 0.356 e. The van der Waals surface area contributed by atoms with Gasteiger partial charge < -0.3 is 18.9 Å². The zero-order valence-electron chi connectivity index (χ0n) is 20.2. The number of hydrogen-bond acceptors (Lipinski definition) is 4. The predicted octanol–water partition coefficient (Wildman–Crippen LogP) is 7.64. The van der Waals surface area contributed by atoms with Gasteiger partial charge >= 0.3 is 0 Å². The number of rotatable bonds is 24. The van der Waals surface area contributed by atoms with Crippen LogP contribution in [0.3, 0.4) is 0 Å². The van der Waals surface area contributed by atoms with E-state index in [4.69, 9.17) is 18.9 Å². The Morgan fingerprint density at radius 1 is 0.310 bits per heavy atom. The third-order valence-electron chi connectivity index (χ3n) is 5.93. The van der Waals surface area contributed by atoms with Crippen molar-refractivity contribution < 1.29 is 18.9 Å². The molecule has 0 aliphatic rings. The van der Waals surface area contributed by atoms with Gasteiger partial charge in [0.05, 0.1) is 0 Å². The molecule has 0 spiro atoms. The minimum atomic E-state index is -0.00898. The minimum Gasteiger partial charge on any atom is -0.356 e. The quantitative estimate of drug-likeness (QED) is 0.120. The molecule has 0 aromatic carbocycles. The molecule has 176 valence electrons. The van der Waals surface area contributed by atoms with Crippen molar-refractivity contribution in [1.82, 2.24) is 0 Å². The third kappa shape index (κ3) is 20.9. The first-order chi connectivity index (χ1) is 14.3. The molecule has 0 aromatic heterocycles. The molecule has 4 nitrogen and oxygen atoms in total. The lowest BCUT2D eigenvalue weighted by atomic mass is 10.0. The summed E-state index contributed by atoms with van der Waals surface area (Å²) in [5, 5.41) is 0. The smallest absolute Gasteiger partial charge is 0.156 e. The summed E-state index contributed by atoms with van der Waals surface area (Å²) < 4.78 is 20.9. The van der Waals surface area contributed by atoms with E-state index in [1.165, 1.54) is 109 Å². The second kappa shape index (κ2) is 24.1. The highest BCUT2D eigenvalue weighted by atomic mass is 16.7. The summed E-state index contributed by atoms with van der Waals surface area (Å²) in [5.41, 5.74) is 0. The lowest BCUT2D eigenvalue weighted by Gasteiger charge is -2.12. The van der Waals surface area contributed by atoms with Gasteiger partial charge in [-0.25, -0.2) is 0 Å². The average Bonchev–Trinajstić information content (AvgIpc) is 2.75. The molecule has 0 unspecified atom stereocenters. The second-order valence-corrected chi connectivity index (χ2v) is 8.39. The Labute approximate surface area is 182 Å². The van der Waals surface area contributed by atoms with Crippen LogP contribution in [0, 0.1) is 0 Å². The van der Waals surface area contributed by atoms with Crippen LogP contribution in [0.25, 0.3) is 0 Å². The Morgan fingerprint density at radius 3 is 0.655 bits per heavy atom. The monoisotopic (exact) mass is 416 g/mol. The van der Waals surface area contributed by atoms with Crippen LogP contribution in [0.2, 0.25) is 0 Å². The molecule has 0 atom stereocenters. The molecular formula is C25H52O4. The number of unbranched alkanes of at least 4 members (excludes halogenated alkanes) is 16. The molecule has 4 heteroatoms. The van der Waals surface area contributed by atoms with Crippen molar-refractivity contribution in [3.63, 3.8) is 0 Å². The lowest BCUT2D eigenvalue weighted by Crippen LogP contribution is -2.12. The van der Waals surface area contributed by atoms with Gasteiger partial charge in [0, 0.05) is 28.4 Å². The molecule has 0 heterocycles. The van der Waals surface area contributed by atoms with Gasteiger partial charge in [-0.05, 0) is 25.7 Å². The second-order valence-electron chi connectivity index (χ2n) is 8.39. The molecule has 0 saturated carbocycles. The third-order valence-corrected chi connectivity index (χ3v) is 5.93. The van der Waals surface area contributed by atoms with Crippen LogP contribution in [0.5, 0.6) is 0 Å². The van der Waals surface area contributed by atoms with Crippen LogP contribution in [-0.2, 0) is 18.9 Å². The molecule has 0 bridgehead atoms. The van der Waals surface area contributed by atoms with Crippen molar-refractivity contribution in [3.05, 3.63) is 0 Å². The van der Waals surface area contributed by atoms with E-state index in [1.54, 1.807) is 28.4 Å². The molecule has 0 fully saturated rings. The van der Waals surface area contributed by atoms with E-state index in [9.17, 15) is 0 Å². The summed E-state index contributed by atoms with van der Waals surface area (Å²) >= 11 is 0. The Morgan fingerprint density at radius 2 is 0.483 bits per heavy atom.